The predicted molar refractivity (Wildman–Crippen MR) is 135 cm³/mol. The van der Waals surface area contributed by atoms with Gasteiger partial charge in [0.1, 0.15) is 5.69 Å². The van der Waals surface area contributed by atoms with Gasteiger partial charge in [-0.15, -0.1) is 10.2 Å². The zero-order chi connectivity index (χ0) is 24.2. The smallest absolute Gasteiger partial charge is 0.295 e. The van der Waals surface area contributed by atoms with E-state index in [0.29, 0.717) is 20.9 Å². The number of amides is 2. The Morgan fingerprint density at radius 2 is 1.94 bits per heavy atom. The minimum Gasteiger partial charge on any atom is -0.319 e. The van der Waals surface area contributed by atoms with Crippen LogP contribution in [0.5, 0.6) is 0 Å². The second-order valence-corrected chi connectivity index (χ2v) is 10.6. The molecule has 2 atom stereocenters. The summed E-state index contributed by atoms with van der Waals surface area (Å²) in [5.41, 5.74) is 1.32. The third kappa shape index (κ3) is 5.15. The number of carbonyl (C=O) groups excluding carboxylic acids is 2. The Labute approximate surface area is 205 Å². The molecule has 1 aliphatic rings. The maximum atomic E-state index is 13.0. The van der Waals surface area contributed by atoms with E-state index in [9.17, 15) is 14.4 Å². The standard InChI is InChI=1S/C23H26N6O3S2/c1-14-18(21(32)29(28(14)3)17-12-8-5-9-13-17)24-19(30)15(2)33-23-27-26-22(34-23)25-20(31)16-10-6-4-7-11-16/h4-6,8-9,12-13,15-16H,7,10-11H2,1-3H3,(H,24,30)(H,25,26,31). The van der Waals surface area contributed by atoms with Crippen LogP contribution in [0, 0.1) is 12.8 Å². The number of thioether (sulfide) groups is 1. The highest BCUT2D eigenvalue weighted by molar-refractivity contribution is 8.02. The summed E-state index contributed by atoms with van der Waals surface area (Å²) in [7, 11) is 1.78. The summed E-state index contributed by atoms with van der Waals surface area (Å²) in [6.45, 7) is 3.53. The van der Waals surface area contributed by atoms with Gasteiger partial charge < -0.3 is 10.6 Å². The minimum absolute atomic E-state index is 0.0521. The topological polar surface area (TPSA) is 111 Å². The average Bonchev–Trinajstić information content (AvgIpc) is 3.37. The van der Waals surface area contributed by atoms with Gasteiger partial charge in [-0.1, -0.05) is 53.4 Å². The number of para-hydroxylation sites is 1. The van der Waals surface area contributed by atoms with Crippen molar-refractivity contribution < 1.29 is 9.59 Å². The van der Waals surface area contributed by atoms with E-state index in [1.54, 1.807) is 25.6 Å². The second-order valence-electron chi connectivity index (χ2n) is 8.03. The van der Waals surface area contributed by atoms with Crippen molar-refractivity contribution in [2.45, 2.75) is 42.7 Å². The van der Waals surface area contributed by atoms with Gasteiger partial charge in [0.25, 0.3) is 5.56 Å². The second kappa shape index (κ2) is 10.4. The Morgan fingerprint density at radius 1 is 1.18 bits per heavy atom. The molecule has 3 aromatic rings. The molecule has 4 rings (SSSR count). The molecule has 0 spiro atoms. The molecule has 0 aliphatic heterocycles. The third-order valence-electron chi connectivity index (χ3n) is 5.73. The first-order valence-corrected chi connectivity index (χ1v) is 12.7. The summed E-state index contributed by atoms with van der Waals surface area (Å²) in [6.07, 6.45) is 6.57. The summed E-state index contributed by atoms with van der Waals surface area (Å²) < 4.78 is 3.80. The monoisotopic (exact) mass is 498 g/mol. The van der Waals surface area contributed by atoms with Crippen LogP contribution in [0.2, 0.25) is 0 Å². The molecule has 1 aliphatic carbocycles. The first kappa shape index (κ1) is 24.0. The lowest BCUT2D eigenvalue weighted by Crippen LogP contribution is -2.27. The van der Waals surface area contributed by atoms with Gasteiger partial charge in [-0.2, -0.15) is 0 Å². The van der Waals surface area contributed by atoms with Gasteiger partial charge in [-0.05, 0) is 45.2 Å². The summed E-state index contributed by atoms with van der Waals surface area (Å²) in [5.74, 6) is -0.424. The molecular formula is C23H26N6O3S2. The number of allylic oxidation sites excluding steroid dienone is 2. The van der Waals surface area contributed by atoms with Crippen LogP contribution in [0.15, 0.2) is 51.6 Å². The number of rotatable bonds is 7. The van der Waals surface area contributed by atoms with Crippen molar-refractivity contribution in [3.8, 4) is 5.69 Å². The summed E-state index contributed by atoms with van der Waals surface area (Å²) in [6, 6.07) is 9.26. The minimum atomic E-state index is -0.524. The highest BCUT2D eigenvalue weighted by atomic mass is 32.2. The molecule has 0 radical (unpaired) electrons. The van der Waals surface area contributed by atoms with Crippen LogP contribution in [0.25, 0.3) is 5.69 Å². The van der Waals surface area contributed by atoms with E-state index in [1.165, 1.54) is 27.8 Å². The number of carbonyl (C=O) groups is 2. The van der Waals surface area contributed by atoms with Crippen LogP contribution in [0.4, 0.5) is 10.8 Å². The van der Waals surface area contributed by atoms with Gasteiger partial charge in [0.05, 0.1) is 16.6 Å². The molecule has 2 heterocycles. The van der Waals surface area contributed by atoms with Crippen molar-refractivity contribution in [1.82, 2.24) is 19.6 Å². The highest BCUT2D eigenvalue weighted by Gasteiger charge is 2.24. The zero-order valence-electron chi connectivity index (χ0n) is 19.1. The Bertz CT molecular complexity index is 1280. The van der Waals surface area contributed by atoms with Gasteiger partial charge in [0, 0.05) is 13.0 Å². The number of hydrogen-bond acceptors (Lipinski definition) is 7. The van der Waals surface area contributed by atoms with E-state index in [1.807, 2.05) is 36.4 Å². The van der Waals surface area contributed by atoms with E-state index in [2.05, 4.69) is 26.9 Å². The molecule has 11 heteroatoms. The van der Waals surface area contributed by atoms with Crippen LogP contribution in [0.3, 0.4) is 0 Å². The van der Waals surface area contributed by atoms with Crippen molar-refractivity contribution in [1.29, 1.82) is 0 Å². The van der Waals surface area contributed by atoms with Crippen LogP contribution in [-0.2, 0) is 16.6 Å². The number of nitrogens with one attached hydrogen (secondary N) is 2. The van der Waals surface area contributed by atoms with E-state index < -0.39 is 5.25 Å². The molecule has 9 nitrogen and oxygen atoms in total. The lowest BCUT2D eigenvalue weighted by molar-refractivity contribution is -0.120. The van der Waals surface area contributed by atoms with Crippen molar-refractivity contribution in [3.05, 3.63) is 58.5 Å². The van der Waals surface area contributed by atoms with Crippen LogP contribution >= 0.6 is 23.1 Å². The van der Waals surface area contributed by atoms with Gasteiger partial charge in [0.15, 0.2) is 4.34 Å². The Kier molecular flexibility index (Phi) is 7.32. The molecule has 2 N–H and O–H groups in total. The maximum absolute atomic E-state index is 13.0. The first-order chi connectivity index (χ1) is 16.3. The normalized spacial score (nSPS) is 16.3. The summed E-state index contributed by atoms with van der Waals surface area (Å²) in [5, 5.41) is 13.6. The van der Waals surface area contributed by atoms with Gasteiger partial charge in [0.2, 0.25) is 16.9 Å². The molecule has 2 aromatic heterocycles. The fourth-order valence-electron chi connectivity index (χ4n) is 3.69. The number of anilines is 2. The van der Waals surface area contributed by atoms with E-state index in [0.717, 1.165) is 19.3 Å². The van der Waals surface area contributed by atoms with Crippen molar-refractivity contribution >= 4 is 45.7 Å². The molecule has 0 saturated carbocycles. The Hall–Kier alpha value is -3.18. The SMILES string of the molecule is Cc1c(NC(=O)C(C)Sc2nnc(NC(=O)C3CC=CCC3)s2)c(=O)n(-c2ccccc2)n1C. The average molecular weight is 499 g/mol. The molecule has 2 unspecified atom stereocenters. The molecule has 1 aromatic carbocycles. The number of benzene rings is 1. The van der Waals surface area contributed by atoms with Crippen molar-refractivity contribution in [2.75, 3.05) is 10.6 Å². The van der Waals surface area contributed by atoms with Crippen LogP contribution in [-0.4, -0.2) is 36.6 Å². The first-order valence-electron chi connectivity index (χ1n) is 11.0. The van der Waals surface area contributed by atoms with E-state index in [4.69, 9.17) is 0 Å². The predicted octanol–water partition coefficient (Wildman–Crippen LogP) is 3.75. The fraction of sp³-hybridized carbons (Fsp3) is 0.348. The molecule has 0 saturated heterocycles. The van der Waals surface area contributed by atoms with Crippen LogP contribution in [0.1, 0.15) is 31.9 Å². The fourth-order valence-corrected chi connectivity index (χ4v) is 5.59. The summed E-state index contributed by atoms with van der Waals surface area (Å²) in [4.78, 5) is 38.3. The quantitative estimate of drug-likeness (QED) is 0.292. The van der Waals surface area contributed by atoms with E-state index >= 15 is 0 Å². The van der Waals surface area contributed by atoms with Crippen molar-refractivity contribution in [2.24, 2.45) is 13.0 Å². The van der Waals surface area contributed by atoms with Crippen LogP contribution < -0.4 is 16.2 Å². The third-order valence-corrected chi connectivity index (χ3v) is 7.75. The number of aromatic nitrogens is 4. The molecule has 0 fully saturated rings. The lowest BCUT2D eigenvalue weighted by atomic mass is 9.94. The Balaban J connectivity index is 1.40. The molecule has 0 bridgehead atoms. The summed E-state index contributed by atoms with van der Waals surface area (Å²) >= 11 is 2.46. The van der Waals surface area contributed by atoms with Crippen molar-refractivity contribution in [3.63, 3.8) is 0 Å². The van der Waals surface area contributed by atoms with Gasteiger partial charge >= 0.3 is 0 Å². The van der Waals surface area contributed by atoms with Gasteiger partial charge in [-0.3, -0.25) is 19.1 Å². The number of nitrogens with zero attached hydrogens (tertiary/aromatic N) is 4. The van der Waals surface area contributed by atoms with E-state index in [-0.39, 0.29) is 29.0 Å². The zero-order valence-corrected chi connectivity index (χ0v) is 20.8. The number of hydrogen-bond donors (Lipinski definition) is 2. The molecule has 178 valence electrons. The lowest BCUT2D eigenvalue weighted by Gasteiger charge is -2.15. The maximum Gasteiger partial charge on any atom is 0.295 e. The molecule has 2 amide bonds. The highest BCUT2D eigenvalue weighted by Crippen LogP contribution is 2.30. The molecular weight excluding hydrogens is 472 g/mol. The Morgan fingerprint density at radius 3 is 2.65 bits per heavy atom. The van der Waals surface area contributed by atoms with Gasteiger partial charge in [-0.25, -0.2) is 4.68 Å². The molecule has 34 heavy (non-hydrogen) atoms. The largest absolute Gasteiger partial charge is 0.319 e.